The molecule has 0 fully saturated rings. The van der Waals surface area contributed by atoms with Crippen LogP contribution in [0, 0.1) is 5.82 Å². The number of hydrogen-bond donors (Lipinski definition) is 2. The summed E-state index contributed by atoms with van der Waals surface area (Å²) in [6.45, 7) is 6.17. The van der Waals surface area contributed by atoms with Crippen molar-refractivity contribution >= 4 is 22.9 Å². The Morgan fingerprint density at radius 1 is 1.33 bits per heavy atom. The van der Waals surface area contributed by atoms with Crippen molar-refractivity contribution in [3.05, 3.63) is 46.2 Å². The summed E-state index contributed by atoms with van der Waals surface area (Å²) in [5.74, 6) is -0.857. The van der Waals surface area contributed by atoms with Crippen LogP contribution in [-0.2, 0) is 10.2 Å². The van der Waals surface area contributed by atoms with Crippen molar-refractivity contribution in [3.8, 4) is 0 Å². The summed E-state index contributed by atoms with van der Waals surface area (Å²) in [7, 11) is 0. The predicted molar refractivity (Wildman–Crippen MR) is 82.8 cm³/mol. The second-order valence-electron chi connectivity index (χ2n) is 5.81. The first-order valence-electron chi connectivity index (χ1n) is 6.54. The van der Waals surface area contributed by atoms with Crippen molar-refractivity contribution in [2.24, 2.45) is 5.73 Å². The van der Waals surface area contributed by atoms with Gasteiger partial charge in [0.05, 0.1) is 10.7 Å². The number of nitrogens with two attached hydrogens (primary N) is 1. The summed E-state index contributed by atoms with van der Waals surface area (Å²) in [4.78, 5) is 16.2. The predicted octanol–water partition coefficient (Wildman–Crippen LogP) is 3.22. The molecule has 6 heteroatoms. The highest BCUT2D eigenvalue weighted by Gasteiger charge is 2.24. The minimum absolute atomic E-state index is 0.0824. The number of thiazole rings is 1. The number of nitrogens with one attached hydrogen (secondary N) is 1. The third kappa shape index (κ3) is 3.78. The van der Waals surface area contributed by atoms with Gasteiger partial charge in [-0.1, -0.05) is 20.8 Å². The molecule has 1 heterocycles. The number of benzene rings is 1. The summed E-state index contributed by atoms with van der Waals surface area (Å²) < 4.78 is 12.9. The fraction of sp³-hybridized carbons (Fsp3) is 0.333. The van der Waals surface area contributed by atoms with E-state index in [1.54, 1.807) is 12.1 Å². The number of primary amides is 1. The fourth-order valence-electron chi connectivity index (χ4n) is 1.77. The number of halogens is 1. The fourth-order valence-corrected chi connectivity index (χ4v) is 2.70. The highest BCUT2D eigenvalue weighted by atomic mass is 32.1. The van der Waals surface area contributed by atoms with Crippen molar-refractivity contribution in [1.29, 1.82) is 0 Å². The summed E-state index contributed by atoms with van der Waals surface area (Å²) >= 11 is 1.50. The molecule has 1 aromatic heterocycles. The molecule has 3 N–H and O–H groups in total. The molecule has 0 spiro atoms. The minimum atomic E-state index is -0.734. The first-order chi connectivity index (χ1) is 9.77. The van der Waals surface area contributed by atoms with E-state index in [4.69, 9.17) is 5.73 Å². The lowest BCUT2D eigenvalue weighted by Crippen LogP contribution is -2.28. The minimum Gasteiger partial charge on any atom is -0.369 e. The molecular formula is C15H18FN3OS. The van der Waals surface area contributed by atoms with Gasteiger partial charge in [-0.2, -0.15) is 0 Å². The highest BCUT2D eigenvalue weighted by molar-refractivity contribution is 7.09. The molecule has 0 saturated carbocycles. The zero-order valence-electron chi connectivity index (χ0n) is 12.2. The van der Waals surface area contributed by atoms with Crippen molar-refractivity contribution in [2.45, 2.75) is 32.2 Å². The average molecular weight is 307 g/mol. The van der Waals surface area contributed by atoms with E-state index in [9.17, 15) is 9.18 Å². The molecule has 1 atom stereocenters. The molecule has 1 unspecified atom stereocenters. The van der Waals surface area contributed by atoms with Gasteiger partial charge in [-0.3, -0.25) is 4.79 Å². The van der Waals surface area contributed by atoms with Gasteiger partial charge in [-0.25, -0.2) is 9.37 Å². The Morgan fingerprint density at radius 2 is 1.95 bits per heavy atom. The molecule has 0 aliphatic rings. The van der Waals surface area contributed by atoms with Gasteiger partial charge in [-0.15, -0.1) is 11.3 Å². The van der Waals surface area contributed by atoms with Gasteiger partial charge in [0, 0.05) is 16.5 Å². The first kappa shape index (κ1) is 15.4. The molecule has 0 radical (unpaired) electrons. The van der Waals surface area contributed by atoms with E-state index in [1.165, 1.54) is 23.5 Å². The number of aromatic nitrogens is 1. The number of carbonyl (C=O) groups is 1. The molecule has 2 rings (SSSR count). The van der Waals surface area contributed by atoms with Gasteiger partial charge in [0.25, 0.3) is 0 Å². The lowest BCUT2D eigenvalue weighted by Gasteiger charge is -2.16. The zero-order chi connectivity index (χ0) is 15.6. The quantitative estimate of drug-likeness (QED) is 0.911. The molecule has 0 bridgehead atoms. The lowest BCUT2D eigenvalue weighted by molar-refractivity contribution is -0.118. The van der Waals surface area contributed by atoms with Gasteiger partial charge in [0.2, 0.25) is 5.91 Å². The second kappa shape index (κ2) is 5.81. The molecule has 2 aromatic rings. The maximum atomic E-state index is 12.9. The second-order valence-corrected chi connectivity index (χ2v) is 6.67. The van der Waals surface area contributed by atoms with Crippen molar-refractivity contribution in [3.63, 3.8) is 0 Å². The molecule has 112 valence electrons. The zero-order valence-corrected chi connectivity index (χ0v) is 13.0. The summed E-state index contributed by atoms with van der Waals surface area (Å²) in [5, 5.41) is 5.75. The Balaban J connectivity index is 2.25. The van der Waals surface area contributed by atoms with E-state index in [1.807, 2.05) is 5.38 Å². The molecule has 1 amide bonds. The van der Waals surface area contributed by atoms with Crippen LogP contribution in [0.3, 0.4) is 0 Å². The van der Waals surface area contributed by atoms with E-state index in [0.29, 0.717) is 11.4 Å². The molecule has 0 saturated heterocycles. The summed E-state index contributed by atoms with van der Waals surface area (Å²) in [6, 6.07) is 5.03. The Hall–Kier alpha value is -1.95. The van der Waals surface area contributed by atoms with Gasteiger partial charge < -0.3 is 11.1 Å². The number of hydrogen-bond acceptors (Lipinski definition) is 4. The number of anilines is 1. The number of amides is 1. The van der Waals surface area contributed by atoms with Crippen LogP contribution in [0.15, 0.2) is 29.6 Å². The topological polar surface area (TPSA) is 68.0 Å². The van der Waals surface area contributed by atoms with Crippen molar-refractivity contribution in [1.82, 2.24) is 4.98 Å². The first-order valence-corrected chi connectivity index (χ1v) is 7.42. The van der Waals surface area contributed by atoms with Gasteiger partial charge in [0.1, 0.15) is 11.9 Å². The van der Waals surface area contributed by atoms with E-state index in [2.05, 4.69) is 31.1 Å². The maximum absolute atomic E-state index is 12.9. The van der Waals surface area contributed by atoms with Crippen LogP contribution in [0.25, 0.3) is 0 Å². The van der Waals surface area contributed by atoms with Crippen LogP contribution in [0.1, 0.15) is 37.5 Å². The molecule has 1 aromatic carbocycles. The Morgan fingerprint density at radius 3 is 2.43 bits per heavy atom. The standard InChI is InChI=1S/C15H18FN3OS/c1-15(2,3)14-19-11(8-21-14)12(13(17)20)18-10-6-4-9(16)5-7-10/h4-8,12,18H,1-3H3,(H2,17,20). The number of carbonyl (C=O) groups excluding carboxylic acids is 1. The molecule has 0 aliphatic carbocycles. The van der Waals surface area contributed by atoms with Crippen LogP contribution >= 0.6 is 11.3 Å². The van der Waals surface area contributed by atoms with E-state index < -0.39 is 11.9 Å². The Labute approximate surface area is 127 Å². The Bertz CT molecular complexity index is 631. The molecular weight excluding hydrogens is 289 g/mol. The summed E-state index contributed by atoms with van der Waals surface area (Å²) in [5.41, 5.74) is 6.57. The molecule has 0 aliphatic heterocycles. The number of rotatable bonds is 4. The lowest BCUT2D eigenvalue weighted by atomic mass is 9.98. The smallest absolute Gasteiger partial charge is 0.246 e. The van der Waals surface area contributed by atoms with Crippen LogP contribution in [0.5, 0.6) is 0 Å². The Kier molecular flexibility index (Phi) is 4.27. The maximum Gasteiger partial charge on any atom is 0.246 e. The molecule has 4 nitrogen and oxygen atoms in total. The largest absolute Gasteiger partial charge is 0.369 e. The van der Waals surface area contributed by atoms with Crippen LogP contribution < -0.4 is 11.1 Å². The van der Waals surface area contributed by atoms with Crippen LogP contribution in [0.2, 0.25) is 0 Å². The third-order valence-electron chi connectivity index (χ3n) is 2.90. The van der Waals surface area contributed by atoms with E-state index in [0.717, 1.165) is 5.01 Å². The third-order valence-corrected chi connectivity index (χ3v) is 4.19. The number of nitrogens with zero attached hydrogens (tertiary/aromatic N) is 1. The highest BCUT2D eigenvalue weighted by Crippen LogP contribution is 2.29. The van der Waals surface area contributed by atoms with Gasteiger partial charge >= 0.3 is 0 Å². The van der Waals surface area contributed by atoms with Crippen molar-refractivity contribution in [2.75, 3.05) is 5.32 Å². The monoisotopic (exact) mass is 307 g/mol. The summed E-state index contributed by atoms with van der Waals surface area (Å²) in [6.07, 6.45) is 0. The normalized spacial score (nSPS) is 13.0. The van der Waals surface area contributed by atoms with Gasteiger partial charge in [-0.05, 0) is 24.3 Å². The van der Waals surface area contributed by atoms with E-state index >= 15 is 0 Å². The van der Waals surface area contributed by atoms with E-state index in [-0.39, 0.29) is 11.2 Å². The van der Waals surface area contributed by atoms with Crippen molar-refractivity contribution < 1.29 is 9.18 Å². The SMILES string of the molecule is CC(C)(C)c1nc(C(Nc2ccc(F)cc2)C(N)=O)cs1. The average Bonchev–Trinajstić information content (AvgIpc) is 2.87. The molecule has 21 heavy (non-hydrogen) atoms. The van der Waals surface area contributed by atoms with Crippen LogP contribution in [0.4, 0.5) is 10.1 Å². The van der Waals surface area contributed by atoms with Gasteiger partial charge in [0.15, 0.2) is 0 Å². The van der Waals surface area contributed by atoms with Crippen LogP contribution in [-0.4, -0.2) is 10.9 Å².